The van der Waals surface area contributed by atoms with Crippen LogP contribution in [0.15, 0.2) is 60.8 Å². The van der Waals surface area contributed by atoms with E-state index in [0.29, 0.717) is 6.42 Å². The fourth-order valence-corrected chi connectivity index (χ4v) is 4.75. The van der Waals surface area contributed by atoms with Gasteiger partial charge in [0.2, 0.25) is 0 Å². The predicted molar refractivity (Wildman–Crippen MR) is 181 cm³/mol. The zero-order chi connectivity index (χ0) is 30.8. The Bertz CT molecular complexity index is 759. The molecule has 0 aromatic carbocycles. The Balaban J connectivity index is 4.09. The summed E-state index contributed by atoms with van der Waals surface area (Å²) in [6, 6.07) is 0. The topological polar surface area (TPSA) is 63.6 Å². The zero-order valence-corrected chi connectivity index (χ0v) is 27.3. The van der Waals surface area contributed by atoms with Gasteiger partial charge in [0, 0.05) is 12.8 Å². The van der Waals surface area contributed by atoms with Crippen LogP contribution < -0.4 is 0 Å². The highest BCUT2D eigenvalue weighted by atomic mass is 16.5. The molecule has 0 aromatic rings. The van der Waals surface area contributed by atoms with Crippen LogP contribution in [0.5, 0.6) is 0 Å². The molecular formula is C38H64O4. The Labute approximate surface area is 259 Å². The third-order valence-corrected chi connectivity index (χ3v) is 7.25. The van der Waals surface area contributed by atoms with E-state index in [1.54, 1.807) is 0 Å². The summed E-state index contributed by atoms with van der Waals surface area (Å²) in [7, 11) is 0. The van der Waals surface area contributed by atoms with Crippen LogP contribution in [-0.2, 0) is 14.3 Å². The lowest BCUT2D eigenvalue weighted by molar-refractivity contribution is -0.150. The van der Waals surface area contributed by atoms with Crippen LogP contribution in [0.2, 0.25) is 0 Å². The van der Waals surface area contributed by atoms with E-state index in [2.05, 4.69) is 74.6 Å². The van der Waals surface area contributed by atoms with E-state index in [0.717, 1.165) is 103 Å². The van der Waals surface area contributed by atoms with Crippen molar-refractivity contribution >= 4 is 11.9 Å². The minimum absolute atomic E-state index is 0.0457. The van der Waals surface area contributed by atoms with Crippen molar-refractivity contribution in [3.05, 3.63) is 60.8 Å². The number of esters is 1. The van der Waals surface area contributed by atoms with Gasteiger partial charge in [0.1, 0.15) is 6.10 Å². The molecule has 0 aliphatic carbocycles. The Morgan fingerprint density at radius 2 is 1.00 bits per heavy atom. The van der Waals surface area contributed by atoms with Crippen LogP contribution in [-0.4, -0.2) is 23.1 Å². The average molecular weight is 585 g/mol. The Morgan fingerprint density at radius 1 is 0.548 bits per heavy atom. The molecule has 0 heterocycles. The Morgan fingerprint density at radius 3 is 1.50 bits per heavy atom. The van der Waals surface area contributed by atoms with Crippen molar-refractivity contribution in [2.24, 2.45) is 0 Å². The SMILES string of the molecule is CC/C=C\C/C=C\C/C=C\C/C=C\C/C=C\CCCC(=O)OC(CCCCCCCC)CCCCCCCCC(=O)O. The van der Waals surface area contributed by atoms with Crippen molar-refractivity contribution in [1.82, 2.24) is 0 Å². The van der Waals surface area contributed by atoms with Gasteiger partial charge in [-0.25, -0.2) is 0 Å². The van der Waals surface area contributed by atoms with Gasteiger partial charge in [0.25, 0.3) is 0 Å². The van der Waals surface area contributed by atoms with Gasteiger partial charge < -0.3 is 9.84 Å². The second-order valence-corrected chi connectivity index (χ2v) is 11.3. The lowest BCUT2D eigenvalue weighted by Crippen LogP contribution is -2.18. The molecule has 0 aromatic heterocycles. The lowest BCUT2D eigenvalue weighted by Gasteiger charge is -2.18. The molecule has 0 radical (unpaired) electrons. The van der Waals surface area contributed by atoms with E-state index in [1.807, 2.05) is 0 Å². The van der Waals surface area contributed by atoms with Crippen molar-refractivity contribution in [2.75, 3.05) is 0 Å². The minimum atomic E-state index is -0.702. The van der Waals surface area contributed by atoms with Gasteiger partial charge in [-0.2, -0.15) is 0 Å². The van der Waals surface area contributed by atoms with E-state index in [-0.39, 0.29) is 18.5 Å². The maximum Gasteiger partial charge on any atom is 0.306 e. The largest absolute Gasteiger partial charge is 0.481 e. The number of ether oxygens (including phenoxy) is 1. The molecule has 4 heteroatoms. The zero-order valence-electron chi connectivity index (χ0n) is 27.3. The molecule has 0 amide bonds. The maximum atomic E-state index is 12.5. The molecule has 4 nitrogen and oxygen atoms in total. The highest BCUT2D eigenvalue weighted by Gasteiger charge is 2.14. The molecule has 240 valence electrons. The van der Waals surface area contributed by atoms with Crippen LogP contribution in [0, 0.1) is 0 Å². The van der Waals surface area contributed by atoms with E-state index < -0.39 is 5.97 Å². The molecule has 0 aliphatic rings. The van der Waals surface area contributed by atoms with Crippen LogP contribution in [0.3, 0.4) is 0 Å². The second-order valence-electron chi connectivity index (χ2n) is 11.3. The van der Waals surface area contributed by atoms with Crippen LogP contribution in [0.4, 0.5) is 0 Å². The fourth-order valence-electron chi connectivity index (χ4n) is 4.75. The van der Waals surface area contributed by atoms with Gasteiger partial charge in [-0.05, 0) is 77.0 Å². The molecule has 1 N–H and O–H groups in total. The quantitative estimate of drug-likeness (QED) is 0.0518. The Hall–Kier alpha value is -2.36. The molecule has 0 saturated carbocycles. The first-order chi connectivity index (χ1) is 20.6. The van der Waals surface area contributed by atoms with E-state index in [4.69, 9.17) is 9.84 Å². The van der Waals surface area contributed by atoms with Gasteiger partial charge in [0.15, 0.2) is 0 Å². The van der Waals surface area contributed by atoms with Crippen LogP contribution in [0.1, 0.15) is 162 Å². The van der Waals surface area contributed by atoms with Crippen molar-refractivity contribution in [3.8, 4) is 0 Å². The first kappa shape index (κ1) is 39.6. The lowest BCUT2D eigenvalue weighted by atomic mass is 10.0. The molecule has 0 bridgehead atoms. The van der Waals surface area contributed by atoms with Gasteiger partial charge in [0.05, 0.1) is 0 Å². The number of carboxylic acid groups (broad SMARTS) is 1. The van der Waals surface area contributed by atoms with E-state index in [9.17, 15) is 9.59 Å². The number of allylic oxidation sites excluding steroid dienone is 10. The summed E-state index contributed by atoms with van der Waals surface area (Å²) in [6.07, 6.45) is 45.2. The third kappa shape index (κ3) is 32.2. The normalized spacial score (nSPS) is 13.0. The van der Waals surface area contributed by atoms with E-state index >= 15 is 0 Å². The summed E-state index contributed by atoms with van der Waals surface area (Å²) in [4.78, 5) is 23.1. The van der Waals surface area contributed by atoms with Crippen LogP contribution >= 0.6 is 0 Å². The first-order valence-corrected chi connectivity index (χ1v) is 17.3. The van der Waals surface area contributed by atoms with Crippen molar-refractivity contribution in [2.45, 2.75) is 168 Å². The number of carbonyl (C=O) groups excluding carboxylic acids is 1. The standard InChI is InChI=1S/C38H64O4/c1-3-5-7-9-11-12-13-14-15-16-17-18-19-20-21-27-31-35-38(41)42-36(32-28-24-10-8-6-4-2)33-29-25-22-23-26-30-34-37(39)40/h5,7,11-12,14-15,17-18,20-21,36H,3-4,6,8-10,13,16,19,22-35H2,1-2H3,(H,39,40)/b7-5-,12-11-,15-14-,18-17-,21-20-. The summed E-state index contributed by atoms with van der Waals surface area (Å²) >= 11 is 0. The highest BCUT2D eigenvalue weighted by molar-refractivity contribution is 5.69. The van der Waals surface area contributed by atoms with Crippen molar-refractivity contribution < 1.29 is 19.4 Å². The number of hydrogen-bond donors (Lipinski definition) is 1. The van der Waals surface area contributed by atoms with Crippen LogP contribution in [0.25, 0.3) is 0 Å². The number of carboxylic acids is 1. The number of carbonyl (C=O) groups is 2. The number of unbranched alkanes of at least 4 members (excludes halogenated alkanes) is 11. The summed E-state index contributed by atoms with van der Waals surface area (Å²) in [6.45, 7) is 4.39. The molecule has 0 rings (SSSR count). The maximum absolute atomic E-state index is 12.5. The minimum Gasteiger partial charge on any atom is -0.481 e. The molecular weight excluding hydrogens is 520 g/mol. The summed E-state index contributed by atoms with van der Waals surface area (Å²) in [5.41, 5.74) is 0. The van der Waals surface area contributed by atoms with Gasteiger partial charge >= 0.3 is 11.9 Å². The average Bonchev–Trinajstić information content (AvgIpc) is 2.97. The molecule has 0 aliphatic heterocycles. The fraction of sp³-hybridized carbons (Fsp3) is 0.684. The number of aliphatic carboxylic acids is 1. The van der Waals surface area contributed by atoms with Crippen molar-refractivity contribution in [3.63, 3.8) is 0 Å². The van der Waals surface area contributed by atoms with Gasteiger partial charge in [-0.15, -0.1) is 0 Å². The Kier molecular flexibility index (Phi) is 31.3. The van der Waals surface area contributed by atoms with Crippen molar-refractivity contribution in [1.29, 1.82) is 0 Å². The first-order valence-electron chi connectivity index (χ1n) is 17.3. The van der Waals surface area contributed by atoms with E-state index in [1.165, 1.54) is 32.1 Å². The highest BCUT2D eigenvalue weighted by Crippen LogP contribution is 2.18. The van der Waals surface area contributed by atoms with Gasteiger partial charge in [-0.3, -0.25) is 9.59 Å². The summed E-state index contributed by atoms with van der Waals surface area (Å²) in [5, 5.41) is 8.74. The smallest absolute Gasteiger partial charge is 0.306 e. The molecule has 1 atom stereocenters. The molecule has 0 spiro atoms. The molecule has 42 heavy (non-hydrogen) atoms. The number of hydrogen-bond acceptors (Lipinski definition) is 3. The monoisotopic (exact) mass is 584 g/mol. The second kappa shape index (κ2) is 33.1. The predicted octanol–water partition coefficient (Wildman–Crippen LogP) is 11.8. The third-order valence-electron chi connectivity index (χ3n) is 7.25. The molecule has 0 saturated heterocycles. The van der Waals surface area contributed by atoms with Gasteiger partial charge in [-0.1, -0.05) is 132 Å². The summed E-state index contributed by atoms with van der Waals surface area (Å²) in [5.74, 6) is -0.751. The number of rotatable bonds is 30. The molecule has 0 fully saturated rings. The molecule has 1 unspecified atom stereocenters. The summed E-state index contributed by atoms with van der Waals surface area (Å²) < 4.78 is 5.93.